The van der Waals surface area contributed by atoms with Gasteiger partial charge in [0, 0.05) is 23.3 Å². The highest BCUT2D eigenvalue weighted by Crippen LogP contribution is 2.44. The summed E-state index contributed by atoms with van der Waals surface area (Å²) in [6, 6.07) is 13.6. The maximum absolute atomic E-state index is 9.77. The normalized spacial score (nSPS) is 10.3. The summed E-state index contributed by atoms with van der Waals surface area (Å²) in [5.41, 5.74) is 11.5. The van der Waals surface area contributed by atoms with Gasteiger partial charge in [-0.15, -0.1) is 0 Å². The van der Waals surface area contributed by atoms with Crippen LogP contribution in [0.25, 0.3) is 22.4 Å². The zero-order chi connectivity index (χ0) is 21.1. The van der Waals surface area contributed by atoms with Crippen LogP contribution in [0.2, 0.25) is 0 Å². The van der Waals surface area contributed by atoms with Gasteiger partial charge >= 0.3 is 0 Å². The molecule has 0 aliphatic carbocycles. The van der Waals surface area contributed by atoms with Crippen LogP contribution in [-0.4, -0.2) is 26.3 Å². The van der Waals surface area contributed by atoms with Crippen molar-refractivity contribution >= 4 is 5.82 Å². The predicted octanol–water partition coefficient (Wildman–Crippen LogP) is 4.51. The summed E-state index contributed by atoms with van der Waals surface area (Å²) < 4.78 is 16.5. The van der Waals surface area contributed by atoms with E-state index in [9.17, 15) is 5.26 Å². The Labute approximate surface area is 170 Å². The molecule has 29 heavy (non-hydrogen) atoms. The van der Waals surface area contributed by atoms with Crippen LogP contribution in [0.3, 0.4) is 0 Å². The van der Waals surface area contributed by atoms with Crippen LogP contribution >= 0.6 is 0 Å². The van der Waals surface area contributed by atoms with E-state index in [1.807, 2.05) is 32.0 Å². The Kier molecular flexibility index (Phi) is 5.60. The zero-order valence-corrected chi connectivity index (χ0v) is 17.2. The molecule has 0 bridgehead atoms. The van der Waals surface area contributed by atoms with Crippen LogP contribution in [0, 0.1) is 25.2 Å². The van der Waals surface area contributed by atoms with Crippen LogP contribution in [0.5, 0.6) is 17.2 Å². The topological polar surface area (TPSA) is 90.4 Å². The number of ether oxygens (including phenoxy) is 3. The number of nitriles is 1. The first-order valence-electron chi connectivity index (χ1n) is 9.02. The average molecular weight is 389 g/mol. The Morgan fingerprint density at radius 1 is 0.897 bits per heavy atom. The van der Waals surface area contributed by atoms with Crippen LogP contribution in [0.4, 0.5) is 5.82 Å². The smallest absolute Gasteiger partial charge is 0.142 e. The van der Waals surface area contributed by atoms with Gasteiger partial charge in [0.15, 0.2) is 0 Å². The molecular formula is C23H23N3O3. The van der Waals surface area contributed by atoms with Gasteiger partial charge in [-0.3, -0.25) is 0 Å². The highest BCUT2D eigenvalue weighted by Gasteiger charge is 2.22. The summed E-state index contributed by atoms with van der Waals surface area (Å²) >= 11 is 0. The molecule has 0 aliphatic rings. The minimum Gasteiger partial charge on any atom is -0.496 e. The molecule has 0 saturated carbocycles. The van der Waals surface area contributed by atoms with E-state index in [2.05, 4.69) is 17.1 Å². The lowest BCUT2D eigenvalue weighted by atomic mass is 9.95. The molecule has 0 atom stereocenters. The number of pyridine rings is 1. The SMILES string of the molecule is COc1cc(OC)c(-c2cc(-c3cc(C)ccc3C)nc(N)c2C#N)c(OC)c1. The molecule has 6 nitrogen and oxygen atoms in total. The Morgan fingerprint density at radius 2 is 1.55 bits per heavy atom. The van der Waals surface area contributed by atoms with Crippen LogP contribution in [0.15, 0.2) is 36.4 Å². The number of benzene rings is 2. The fourth-order valence-electron chi connectivity index (χ4n) is 3.30. The largest absolute Gasteiger partial charge is 0.496 e. The second-order valence-electron chi connectivity index (χ2n) is 6.65. The van der Waals surface area contributed by atoms with Crippen molar-refractivity contribution in [1.82, 2.24) is 4.98 Å². The third kappa shape index (κ3) is 3.67. The van der Waals surface area contributed by atoms with Gasteiger partial charge in [0.1, 0.15) is 34.7 Å². The number of nitrogens with two attached hydrogens (primary N) is 1. The zero-order valence-electron chi connectivity index (χ0n) is 17.2. The molecule has 3 rings (SSSR count). The molecule has 1 aromatic heterocycles. The summed E-state index contributed by atoms with van der Waals surface area (Å²) in [4.78, 5) is 4.50. The molecule has 0 saturated heterocycles. The van der Waals surface area contributed by atoms with E-state index >= 15 is 0 Å². The lowest BCUT2D eigenvalue weighted by Gasteiger charge is -2.18. The number of hydrogen-bond donors (Lipinski definition) is 1. The molecule has 6 heteroatoms. The second-order valence-corrected chi connectivity index (χ2v) is 6.65. The number of nitrogen functional groups attached to an aromatic ring is 1. The Balaban J connectivity index is 2.37. The van der Waals surface area contributed by atoms with E-state index in [-0.39, 0.29) is 11.4 Å². The molecule has 0 aliphatic heterocycles. The monoisotopic (exact) mass is 389 g/mol. The molecule has 0 amide bonds. The van der Waals surface area contributed by atoms with Crippen molar-refractivity contribution in [2.45, 2.75) is 13.8 Å². The van der Waals surface area contributed by atoms with E-state index in [1.54, 1.807) is 33.5 Å². The molecule has 3 aromatic rings. The lowest BCUT2D eigenvalue weighted by Crippen LogP contribution is -2.03. The first-order chi connectivity index (χ1) is 13.9. The average Bonchev–Trinajstić information content (AvgIpc) is 2.73. The minimum absolute atomic E-state index is 0.154. The van der Waals surface area contributed by atoms with Gasteiger partial charge in [0.25, 0.3) is 0 Å². The molecule has 0 fully saturated rings. The summed E-state index contributed by atoms with van der Waals surface area (Å²) in [6.45, 7) is 4.03. The molecule has 148 valence electrons. The molecule has 2 N–H and O–H groups in total. The fourth-order valence-corrected chi connectivity index (χ4v) is 3.30. The Bertz CT molecular complexity index is 1090. The second kappa shape index (κ2) is 8.11. The number of methoxy groups -OCH3 is 3. The highest BCUT2D eigenvalue weighted by molar-refractivity contribution is 5.87. The number of aryl methyl sites for hydroxylation is 2. The number of aromatic nitrogens is 1. The maximum atomic E-state index is 9.77. The van der Waals surface area contributed by atoms with Crippen molar-refractivity contribution in [3.63, 3.8) is 0 Å². The van der Waals surface area contributed by atoms with E-state index < -0.39 is 0 Å². The van der Waals surface area contributed by atoms with Crippen molar-refractivity contribution < 1.29 is 14.2 Å². The summed E-state index contributed by atoms with van der Waals surface area (Å²) in [5.74, 6) is 1.75. The molecular weight excluding hydrogens is 366 g/mol. The summed E-state index contributed by atoms with van der Waals surface area (Å²) in [7, 11) is 4.68. The predicted molar refractivity (Wildman–Crippen MR) is 113 cm³/mol. The van der Waals surface area contributed by atoms with Gasteiger partial charge in [0.05, 0.1) is 32.6 Å². The number of nitrogens with zero attached hydrogens (tertiary/aromatic N) is 2. The van der Waals surface area contributed by atoms with E-state index in [4.69, 9.17) is 19.9 Å². The van der Waals surface area contributed by atoms with Crippen LogP contribution in [-0.2, 0) is 0 Å². The van der Waals surface area contributed by atoms with Crippen LogP contribution < -0.4 is 19.9 Å². The summed E-state index contributed by atoms with van der Waals surface area (Å²) in [6.07, 6.45) is 0. The maximum Gasteiger partial charge on any atom is 0.142 e. The Hall–Kier alpha value is -3.72. The van der Waals surface area contributed by atoms with Gasteiger partial charge in [0.2, 0.25) is 0 Å². The quantitative estimate of drug-likeness (QED) is 0.690. The summed E-state index contributed by atoms with van der Waals surface area (Å²) in [5, 5.41) is 9.77. The number of anilines is 1. The number of rotatable bonds is 5. The third-order valence-electron chi connectivity index (χ3n) is 4.81. The van der Waals surface area contributed by atoms with Crippen molar-refractivity contribution in [2.75, 3.05) is 27.1 Å². The third-order valence-corrected chi connectivity index (χ3v) is 4.81. The number of hydrogen-bond acceptors (Lipinski definition) is 6. The molecule has 1 heterocycles. The van der Waals surface area contributed by atoms with Crippen molar-refractivity contribution in [1.29, 1.82) is 5.26 Å². The van der Waals surface area contributed by atoms with Gasteiger partial charge in [-0.1, -0.05) is 17.7 Å². The first kappa shape index (κ1) is 20.0. The fraction of sp³-hybridized carbons (Fsp3) is 0.217. The van der Waals surface area contributed by atoms with E-state index in [1.165, 1.54) is 0 Å². The standard InChI is InChI=1S/C23H23N3O3/c1-13-6-7-14(2)16(8-13)19-11-17(18(12-24)23(25)26-19)22-20(28-4)9-15(27-3)10-21(22)29-5/h6-11H,1-5H3,(H2,25,26). The van der Waals surface area contributed by atoms with E-state index in [0.29, 0.717) is 34.1 Å². The van der Waals surface area contributed by atoms with Crippen molar-refractivity contribution in [3.05, 3.63) is 53.1 Å². The molecule has 2 aromatic carbocycles. The van der Waals surface area contributed by atoms with E-state index in [0.717, 1.165) is 16.7 Å². The van der Waals surface area contributed by atoms with Gasteiger partial charge in [-0.2, -0.15) is 5.26 Å². The molecule has 0 radical (unpaired) electrons. The van der Waals surface area contributed by atoms with Crippen molar-refractivity contribution in [2.24, 2.45) is 0 Å². The van der Waals surface area contributed by atoms with Gasteiger partial charge in [-0.05, 0) is 31.5 Å². The minimum atomic E-state index is 0.154. The first-order valence-corrected chi connectivity index (χ1v) is 9.02. The van der Waals surface area contributed by atoms with Gasteiger partial charge < -0.3 is 19.9 Å². The molecule has 0 unspecified atom stereocenters. The van der Waals surface area contributed by atoms with Crippen molar-refractivity contribution in [3.8, 4) is 45.7 Å². The van der Waals surface area contributed by atoms with Crippen LogP contribution in [0.1, 0.15) is 16.7 Å². The van der Waals surface area contributed by atoms with Gasteiger partial charge in [-0.25, -0.2) is 4.98 Å². The Morgan fingerprint density at radius 3 is 2.10 bits per heavy atom. The molecule has 0 spiro atoms. The lowest BCUT2D eigenvalue weighted by molar-refractivity contribution is 0.377. The highest BCUT2D eigenvalue weighted by atomic mass is 16.5.